The number of halogens is 1. The van der Waals surface area contributed by atoms with Gasteiger partial charge in [-0.1, -0.05) is 24.3 Å². The summed E-state index contributed by atoms with van der Waals surface area (Å²) in [6.45, 7) is 3.95. The molecule has 29 heavy (non-hydrogen) atoms. The molecular weight excluding hydrogens is 369 g/mol. The normalized spacial score (nSPS) is 21.4. The average molecular weight is 393 g/mol. The minimum absolute atomic E-state index is 0.194. The minimum atomic E-state index is -0.207. The van der Waals surface area contributed by atoms with Crippen molar-refractivity contribution in [2.75, 3.05) is 20.2 Å². The van der Waals surface area contributed by atoms with Crippen LogP contribution in [0.1, 0.15) is 17.8 Å². The van der Waals surface area contributed by atoms with Gasteiger partial charge in [0.25, 0.3) is 0 Å². The molecule has 6 heteroatoms. The third kappa shape index (κ3) is 3.54. The number of benzene rings is 2. The molecule has 5 nitrogen and oxygen atoms in total. The van der Waals surface area contributed by atoms with Gasteiger partial charge in [-0.2, -0.15) is 0 Å². The number of rotatable bonds is 4. The van der Waals surface area contributed by atoms with Gasteiger partial charge in [-0.15, -0.1) is 0 Å². The highest BCUT2D eigenvalue weighted by molar-refractivity contribution is 5.61. The first-order valence-electron chi connectivity index (χ1n) is 9.94. The second-order valence-corrected chi connectivity index (χ2v) is 7.94. The maximum atomic E-state index is 13.2. The number of nitrogens with zero attached hydrogens (tertiary/aromatic N) is 3. The Balaban J connectivity index is 1.35. The summed E-state index contributed by atoms with van der Waals surface area (Å²) in [7, 11) is 1.68. The Morgan fingerprint density at radius 3 is 2.86 bits per heavy atom. The number of fused-ring (bicyclic) bond motifs is 1. The zero-order valence-electron chi connectivity index (χ0n) is 16.5. The van der Waals surface area contributed by atoms with Crippen molar-refractivity contribution in [3.63, 3.8) is 0 Å². The first kappa shape index (κ1) is 18.3. The van der Waals surface area contributed by atoms with Gasteiger partial charge in [0, 0.05) is 25.2 Å². The molecule has 150 valence electrons. The molecule has 0 saturated carbocycles. The third-order valence-electron chi connectivity index (χ3n) is 5.97. The highest BCUT2D eigenvalue weighted by Crippen LogP contribution is 2.36. The van der Waals surface area contributed by atoms with Crippen LogP contribution in [0.4, 0.5) is 4.39 Å². The summed E-state index contributed by atoms with van der Waals surface area (Å²) in [6, 6.07) is 14.8. The Bertz CT molecular complexity index is 1020. The first-order chi connectivity index (χ1) is 14.1. The second kappa shape index (κ2) is 7.28. The lowest BCUT2D eigenvalue weighted by Gasteiger charge is -2.35. The number of hydrogen-bond donors (Lipinski definition) is 0. The standard InChI is InChI=1S/C23H24FN3O2/c1-28-20-4-2-3-18(11-20)21-12-25-22-14-29-23(16-27(21)22)9-10-26(15-23)13-17-5-7-19(24)8-6-17/h2-8,11-12H,9-10,13-16H2,1H3/t23-/m0/s1. The summed E-state index contributed by atoms with van der Waals surface area (Å²) in [5, 5.41) is 0. The molecule has 0 aliphatic carbocycles. The number of hydrogen-bond acceptors (Lipinski definition) is 4. The summed E-state index contributed by atoms with van der Waals surface area (Å²) < 4.78 is 27.2. The van der Waals surface area contributed by atoms with E-state index in [0.29, 0.717) is 6.61 Å². The Labute approximate surface area is 169 Å². The molecule has 1 atom stereocenters. The number of methoxy groups -OCH3 is 1. The van der Waals surface area contributed by atoms with Gasteiger partial charge in [0.1, 0.15) is 29.6 Å². The van der Waals surface area contributed by atoms with Crippen molar-refractivity contribution >= 4 is 0 Å². The van der Waals surface area contributed by atoms with Crippen LogP contribution in [-0.2, 0) is 24.4 Å². The van der Waals surface area contributed by atoms with Crippen LogP contribution in [0.15, 0.2) is 54.7 Å². The van der Waals surface area contributed by atoms with E-state index in [-0.39, 0.29) is 11.4 Å². The first-order valence-corrected chi connectivity index (χ1v) is 9.94. The number of aromatic nitrogens is 2. The van der Waals surface area contributed by atoms with Crippen molar-refractivity contribution < 1.29 is 13.9 Å². The average Bonchev–Trinajstić information content (AvgIpc) is 3.34. The molecule has 0 N–H and O–H groups in total. The molecule has 2 aliphatic heterocycles. The minimum Gasteiger partial charge on any atom is -0.497 e. The fourth-order valence-corrected chi connectivity index (χ4v) is 4.43. The second-order valence-electron chi connectivity index (χ2n) is 7.94. The number of likely N-dealkylation sites (tertiary alicyclic amines) is 1. The highest BCUT2D eigenvalue weighted by Gasteiger charge is 2.43. The van der Waals surface area contributed by atoms with E-state index in [1.54, 1.807) is 7.11 Å². The van der Waals surface area contributed by atoms with Crippen LogP contribution in [0.2, 0.25) is 0 Å². The molecule has 3 heterocycles. The predicted molar refractivity (Wildman–Crippen MR) is 108 cm³/mol. The van der Waals surface area contributed by atoms with Crippen molar-refractivity contribution in [1.29, 1.82) is 0 Å². The van der Waals surface area contributed by atoms with Crippen molar-refractivity contribution in [3.05, 3.63) is 71.9 Å². The van der Waals surface area contributed by atoms with E-state index >= 15 is 0 Å². The van der Waals surface area contributed by atoms with Gasteiger partial charge in [0.05, 0.1) is 25.5 Å². The van der Waals surface area contributed by atoms with E-state index < -0.39 is 0 Å². The zero-order chi connectivity index (χ0) is 19.8. The summed E-state index contributed by atoms with van der Waals surface area (Å²) in [4.78, 5) is 6.98. The van der Waals surface area contributed by atoms with Crippen LogP contribution in [0.25, 0.3) is 11.3 Å². The SMILES string of the molecule is COc1cccc(-c2cnc3n2C[C@@]2(CCN(Cc4ccc(F)cc4)C2)OC3)c1. The summed E-state index contributed by atoms with van der Waals surface area (Å²) in [5.41, 5.74) is 3.11. The third-order valence-corrected chi connectivity index (χ3v) is 5.97. The Morgan fingerprint density at radius 2 is 2.03 bits per heavy atom. The van der Waals surface area contributed by atoms with E-state index in [0.717, 1.165) is 61.0 Å². The van der Waals surface area contributed by atoms with E-state index in [4.69, 9.17) is 9.47 Å². The Hall–Kier alpha value is -2.70. The fourth-order valence-electron chi connectivity index (χ4n) is 4.43. The quantitative estimate of drug-likeness (QED) is 0.675. The smallest absolute Gasteiger partial charge is 0.135 e. The molecule has 0 radical (unpaired) electrons. The summed E-state index contributed by atoms with van der Waals surface area (Å²) in [6.07, 6.45) is 2.90. The van der Waals surface area contributed by atoms with Gasteiger partial charge in [0.15, 0.2) is 0 Å². The lowest BCUT2D eigenvalue weighted by Crippen LogP contribution is -2.44. The van der Waals surface area contributed by atoms with E-state index in [9.17, 15) is 4.39 Å². The van der Waals surface area contributed by atoms with Crippen LogP contribution >= 0.6 is 0 Å². The van der Waals surface area contributed by atoms with Gasteiger partial charge >= 0.3 is 0 Å². The van der Waals surface area contributed by atoms with Crippen molar-refractivity contribution in [3.8, 4) is 17.0 Å². The van der Waals surface area contributed by atoms with Crippen LogP contribution in [0, 0.1) is 5.82 Å². The summed E-state index contributed by atoms with van der Waals surface area (Å²) >= 11 is 0. The van der Waals surface area contributed by atoms with Gasteiger partial charge in [-0.3, -0.25) is 4.90 Å². The van der Waals surface area contributed by atoms with Crippen LogP contribution in [0.3, 0.4) is 0 Å². The maximum Gasteiger partial charge on any atom is 0.135 e. The highest BCUT2D eigenvalue weighted by atomic mass is 19.1. The monoisotopic (exact) mass is 393 g/mol. The van der Waals surface area contributed by atoms with Gasteiger partial charge in [0.2, 0.25) is 0 Å². The molecule has 2 aromatic carbocycles. The molecule has 1 fully saturated rings. The van der Waals surface area contributed by atoms with Crippen molar-refractivity contribution in [2.45, 2.75) is 31.7 Å². The lowest BCUT2D eigenvalue weighted by atomic mass is 10.0. The topological polar surface area (TPSA) is 39.5 Å². The molecule has 0 amide bonds. The lowest BCUT2D eigenvalue weighted by molar-refractivity contribution is -0.0821. The predicted octanol–water partition coefficient (Wildman–Crippen LogP) is 3.87. The van der Waals surface area contributed by atoms with Gasteiger partial charge in [-0.25, -0.2) is 9.37 Å². The van der Waals surface area contributed by atoms with Gasteiger partial charge < -0.3 is 14.0 Å². The molecule has 3 aromatic rings. The number of ether oxygens (including phenoxy) is 2. The molecular formula is C23H24FN3O2. The van der Waals surface area contributed by atoms with E-state index in [2.05, 4.69) is 20.5 Å². The maximum absolute atomic E-state index is 13.2. The van der Waals surface area contributed by atoms with Crippen LogP contribution in [-0.4, -0.2) is 40.3 Å². The van der Waals surface area contributed by atoms with Crippen molar-refractivity contribution in [1.82, 2.24) is 14.5 Å². The Kier molecular flexibility index (Phi) is 4.60. The molecule has 2 aliphatic rings. The molecule has 1 aromatic heterocycles. The van der Waals surface area contributed by atoms with Crippen molar-refractivity contribution in [2.24, 2.45) is 0 Å². The molecule has 0 bridgehead atoms. The Morgan fingerprint density at radius 1 is 1.17 bits per heavy atom. The van der Waals surface area contributed by atoms with Crippen LogP contribution < -0.4 is 4.74 Å². The van der Waals surface area contributed by atoms with Crippen LogP contribution in [0.5, 0.6) is 5.75 Å². The van der Waals surface area contributed by atoms with E-state index in [1.807, 2.05) is 36.5 Å². The molecule has 5 rings (SSSR count). The molecule has 0 unspecified atom stereocenters. The molecule has 1 spiro atoms. The van der Waals surface area contributed by atoms with E-state index in [1.165, 1.54) is 12.1 Å². The number of imidazole rings is 1. The summed E-state index contributed by atoms with van der Waals surface area (Å²) in [5.74, 6) is 1.61. The van der Waals surface area contributed by atoms with Gasteiger partial charge in [-0.05, 0) is 36.2 Å². The fraction of sp³-hybridized carbons (Fsp3) is 0.348. The zero-order valence-corrected chi connectivity index (χ0v) is 16.5. The molecule has 1 saturated heterocycles. The largest absolute Gasteiger partial charge is 0.497 e.